The van der Waals surface area contributed by atoms with E-state index in [4.69, 9.17) is 4.74 Å². The lowest BCUT2D eigenvalue weighted by molar-refractivity contribution is -0.160. The van der Waals surface area contributed by atoms with Gasteiger partial charge in [-0.1, -0.05) is 19.8 Å². The molecular weight excluding hydrogens is 264 g/mol. The lowest BCUT2D eigenvalue weighted by atomic mass is 9.47. The lowest BCUT2D eigenvalue weighted by Crippen LogP contribution is -2.52. The molecule has 0 amide bonds. The summed E-state index contributed by atoms with van der Waals surface area (Å²) < 4.78 is 4.93. The molecule has 0 N–H and O–H groups in total. The SMILES string of the molecule is CCCCC(C(=O)OC)C(=O)C12CC3CC(CC(C3)C1)C2. The maximum Gasteiger partial charge on any atom is 0.316 e. The number of esters is 1. The number of ketones is 1. The van der Waals surface area contributed by atoms with E-state index >= 15 is 0 Å². The van der Waals surface area contributed by atoms with Crippen molar-refractivity contribution < 1.29 is 14.3 Å². The molecule has 0 heterocycles. The molecule has 0 saturated heterocycles. The number of carbonyl (C=O) groups is 2. The normalized spacial score (nSPS) is 38.3. The van der Waals surface area contributed by atoms with Gasteiger partial charge >= 0.3 is 5.97 Å². The topological polar surface area (TPSA) is 43.4 Å². The van der Waals surface area contributed by atoms with Crippen LogP contribution in [0, 0.1) is 29.1 Å². The summed E-state index contributed by atoms with van der Waals surface area (Å²) in [5.74, 6) is 1.64. The van der Waals surface area contributed by atoms with Crippen LogP contribution >= 0.6 is 0 Å². The predicted octanol–water partition coefficient (Wildman–Crippen LogP) is 3.75. The van der Waals surface area contributed by atoms with E-state index in [1.165, 1.54) is 26.4 Å². The molecule has 0 aromatic carbocycles. The fourth-order valence-electron chi connectivity index (χ4n) is 5.69. The second kappa shape index (κ2) is 5.73. The van der Waals surface area contributed by atoms with E-state index in [9.17, 15) is 9.59 Å². The van der Waals surface area contributed by atoms with E-state index < -0.39 is 5.92 Å². The third-order valence-electron chi connectivity index (χ3n) is 6.21. The second-order valence-corrected chi connectivity index (χ2v) is 7.78. The molecule has 4 rings (SSSR count). The van der Waals surface area contributed by atoms with Gasteiger partial charge < -0.3 is 4.74 Å². The zero-order valence-electron chi connectivity index (χ0n) is 13.4. The quantitative estimate of drug-likeness (QED) is 0.553. The number of methoxy groups -OCH3 is 1. The summed E-state index contributed by atoms with van der Waals surface area (Å²) in [6.07, 6.45) is 9.70. The van der Waals surface area contributed by atoms with Gasteiger partial charge in [0.1, 0.15) is 5.92 Å². The Morgan fingerprint density at radius 2 is 1.62 bits per heavy atom. The summed E-state index contributed by atoms with van der Waals surface area (Å²) in [5, 5.41) is 0. The van der Waals surface area contributed by atoms with Gasteiger partial charge in [-0.3, -0.25) is 9.59 Å². The minimum Gasteiger partial charge on any atom is -0.468 e. The monoisotopic (exact) mass is 292 g/mol. The average molecular weight is 292 g/mol. The minimum atomic E-state index is -0.508. The summed E-state index contributed by atoms with van der Waals surface area (Å²) in [6.45, 7) is 2.10. The van der Waals surface area contributed by atoms with Gasteiger partial charge in [0, 0.05) is 5.41 Å². The van der Waals surface area contributed by atoms with Crippen molar-refractivity contribution in [2.75, 3.05) is 7.11 Å². The Balaban J connectivity index is 1.80. The highest BCUT2D eigenvalue weighted by molar-refractivity contribution is 6.02. The molecule has 4 aliphatic rings. The highest BCUT2D eigenvalue weighted by Gasteiger charge is 2.56. The Morgan fingerprint density at radius 1 is 1.10 bits per heavy atom. The van der Waals surface area contributed by atoms with Gasteiger partial charge in [0.15, 0.2) is 5.78 Å². The number of carbonyl (C=O) groups excluding carboxylic acids is 2. The van der Waals surface area contributed by atoms with Gasteiger partial charge in [0.25, 0.3) is 0 Å². The van der Waals surface area contributed by atoms with Crippen LogP contribution in [0.25, 0.3) is 0 Å². The first-order chi connectivity index (χ1) is 10.1. The molecule has 0 spiro atoms. The third-order valence-corrected chi connectivity index (χ3v) is 6.21. The van der Waals surface area contributed by atoms with Crippen LogP contribution in [-0.2, 0) is 14.3 Å². The van der Waals surface area contributed by atoms with Crippen LogP contribution in [0.3, 0.4) is 0 Å². The van der Waals surface area contributed by atoms with Crippen LogP contribution in [0.5, 0.6) is 0 Å². The summed E-state index contributed by atoms with van der Waals surface area (Å²) in [6, 6.07) is 0. The number of hydrogen-bond acceptors (Lipinski definition) is 3. The van der Waals surface area contributed by atoms with Crippen molar-refractivity contribution in [3.05, 3.63) is 0 Å². The van der Waals surface area contributed by atoms with Crippen LogP contribution in [0.2, 0.25) is 0 Å². The highest BCUT2D eigenvalue weighted by atomic mass is 16.5. The van der Waals surface area contributed by atoms with Gasteiger partial charge in [-0.25, -0.2) is 0 Å². The minimum absolute atomic E-state index is 0.179. The van der Waals surface area contributed by atoms with E-state index in [1.807, 2.05) is 0 Å². The van der Waals surface area contributed by atoms with Crippen LogP contribution < -0.4 is 0 Å². The second-order valence-electron chi connectivity index (χ2n) is 7.78. The van der Waals surface area contributed by atoms with Crippen molar-refractivity contribution in [1.29, 1.82) is 0 Å². The average Bonchev–Trinajstić information content (AvgIpc) is 2.45. The number of Topliss-reactive ketones (excluding diaryl/α,β-unsaturated/α-hetero) is 1. The molecule has 4 saturated carbocycles. The molecule has 0 aromatic heterocycles. The summed E-state index contributed by atoms with van der Waals surface area (Å²) in [4.78, 5) is 25.3. The number of ether oxygens (including phenoxy) is 1. The molecule has 4 bridgehead atoms. The van der Waals surface area contributed by atoms with E-state index in [2.05, 4.69) is 6.92 Å². The van der Waals surface area contributed by atoms with Crippen molar-refractivity contribution in [1.82, 2.24) is 0 Å². The molecule has 0 radical (unpaired) electrons. The zero-order valence-corrected chi connectivity index (χ0v) is 13.4. The Labute approximate surface area is 127 Å². The fourth-order valence-corrected chi connectivity index (χ4v) is 5.69. The first kappa shape index (κ1) is 15.1. The maximum absolute atomic E-state index is 13.2. The molecule has 4 fully saturated rings. The fraction of sp³-hybridized carbons (Fsp3) is 0.889. The first-order valence-electron chi connectivity index (χ1n) is 8.70. The van der Waals surface area contributed by atoms with Crippen molar-refractivity contribution in [3.8, 4) is 0 Å². The smallest absolute Gasteiger partial charge is 0.316 e. The molecule has 4 aliphatic carbocycles. The maximum atomic E-state index is 13.2. The Morgan fingerprint density at radius 3 is 2.05 bits per heavy atom. The van der Waals surface area contributed by atoms with Gasteiger partial charge in [-0.15, -0.1) is 0 Å². The molecule has 1 unspecified atom stereocenters. The van der Waals surface area contributed by atoms with Crippen molar-refractivity contribution >= 4 is 11.8 Å². The van der Waals surface area contributed by atoms with Crippen LogP contribution in [-0.4, -0.2) is 18.9 Å². The van der Waals surface area contributed by atoms with Crippen LogP contribution in [0.4, 0.5) is 0 Å². The standard InChI is InChI=1S/C18H28O3/c1-3-4-5-15(17(20)21-2)16(19)18-9-12-6-13(10-18)8-14(7-12)11-18/h12-15H,3-11H2,1-2H3. The van der Waals surface area contributed by atoms with Gasteiger partial charge in [-0.05, 0) is 62.7 Å². The van der Waals surface area contributed by atoms with Crippen molar-refractivity contribution in [2.24, 2.45) is 29.1 Å². The Kier molecular flexibility index (Phi) is 4.11. The van der Waals surface area contributed by atoms with E-state index in [0.717, 1.165) is 49.9 Å². The van der Waals surface area contributed by atoms with Gasteiger partial charge in [0.05, 0.1) is 7.11 Å². The molecular formula is C18H28O3. The van der Waals surface area contributed by atoms with Crippen molar-refractivity contribution in [3.63, 3.8) is 0 Å². The third kappa shape index (κ3) is 2.64. The lowest BCUT2D eigenvalue weighted by Gasteiger charge is -2.56. The van der Waals surface area contributed by atoms with Crippen molar-refractivity contribution in [2.45, 2.75) is 64.7 Å². The largest absolute Gasteiger partial charge is 0.468 e. The zero-order chi connectivity index (χ0) is 15.0. The molecule has 3 nitrogen and oxygen atoms in total. The molecule has 118 valence electrons. The Bertz CT molecular complexity index is 391. The molecule has 3 heteroatoms. The van der Waals surface area contributed by atoms with E-state index in [-0.39, 0.29) is 17.2 Å². The summed E-state index contributed by atoms with van der Waals surface area (Å²) in [7, 11) is 1.41. The van der Waals surface area contributed by atoms with E-state index in [0.29, 0.717) is 6.42 Å². The molecule has 0 aromatic rings. The number of hydrogen-bond donors (Lipinski definition) is 0. The number of rotatable bonds is 6. The van der Waals surface area contributed by atoms with Gasteiger partial charge in [0.2, 0.25) is 0 Å². The first-order valence-corrected chi connectivity index (χ1v) is 8.70. The van der Waals surface area contributed by atoms with Crippen LogP contribution in [0.15, 0.2) is 0 Å². The predicted molar refractivity (Wildman–Crippen MR) is 80.6 cm³/mol. The van der Waals surface area contributed by atoms with Crippen LogP contribution in [0.1, 0.15) is 64.7 Å². The molecule has 0 aliphatic heterocycles. The summed E-state index contributed by atoms with van der Waals surface area (Å²) >= 11 is 0. The number of unbranched alkanes of at least 4 members (excludes halogenated alkanes) is 1. The van der Waals surface area contributed by atoms with E-state index in [1.54, 1.807) is 0 Å². The summed E-state index contributed by atoms with van der Waals surface area (Å²) in [5.41, 5.74) is -0.179. The van der Waals surface area contributed by atoms with Gasteiger partial charge in [-0.2, -0.15) is 0 Å². The molecule has 21 heavy (non-hydrogen) atoms. The highest BCUT2D eigenvalue weighted by Crippen LogP contribution is 2.61. The molecule has 1 atom stereocenters. The Hall–Kier alpha value is -0.860.